The molecule has 0 aliphatic rings. The first kappa shape index (κ1) is 13.1. The monoisotopic (exact) mass is 244 g/mol. The van der Waals surface area contributed by atoms with E-state index in [0.29, 0.717) is 23.8 Å². The van der Waals surface area contributed by atoms with Crippen LogP contribution in [0.1, 0.15) is 24.5 Å². The molecule has 3 nitrogen and oxygen atoms in total. The van der Waals surface area contributed by atoms with Gasteiger partial charge >= 0.3 is 0 Å². The Morgan fingerprint density at radius 1 is 1.19 bits per heavy atom. The average molecular weight is 245 g/mol. The molecule has 0 aromatic heterocycles. The lowest BCUT2D eigenvalue weighted by atomic mass is 10.0. The summed E-state index contributed by atoms with van der Waals surface area (Å²) < 4.78 is 10.3. The van der Waals surface area contributed by atoms with Crippen molar-refractivity contribution < 1.29 is 14.6 Å². The van der Waals surface area contributed by atoms with Gasteiger partial charge < -0.3 is 14.6 Å². The van der Waals surface area contributed by atoms with Gasteiger partial charge in [0.25, 0.3) is 0 Å². The van der Waals surface area contributed by atoms with Crippen LogP contribution in [-0.4, -0.2) is 25.2 Å². The average Bonchev–Trinajstić information content (AvgIpc) is 2.35. The van der Waals surface area contributed by atoms with E-state index in [9.17, 15) is 5.11 Å². The zero-order valence-corrected chi connectivity index (χ0v) is 10.3. The molecule has 1 rings (SSSR count). The van der Waals surface area contributed by atoms with Crippen LogP contribution in [-0.2, 0) is 0 Å². The number of aliphatic hydroxyl groups is 1. The van der Waals surface area contributed by atoms with Gasteiger partial charge in [-0.25, -0.2) is 0 Å². The van der Waals surface area contributed by atoms with E-state index in [0.717, 1.165) is 12.0 Å². The Morgan fingerprint density at radius 2 is 1.75 bits per heavy atom. The van der Waals surface area contributed by atoms with E-state index in [-0.39, 0.29) is 0 Å². The highest BCUT2D eigenvalue weighted by atomic mass is 35.5. The summed E-state index contributed by atoms with van der Waals surface area (Å²) in [4.78, 5) is 0. The highest BCUT2D eigenvalue weighted by Crippen LogP contribution is 2.28. The molecule has 1 N–H and O–H groups in total. The number of benzene rings is 1. The lowest BCUT2D eigenvalue weighted by Gasteiger charge is -2.13. The summed E-state index contributed by atoms with van der Waals surface area (Å²) >= 11 is 5.59. The van der Waals surface area contributed by atoms with E-state index in [1.54, 1.807) is 32.4 Å². The molecule has 1 aromatic carbocycles. The third kappa shape index (κ3) is 3.58. The van der Waals surface area contributed by atoms with E-state index in [1.165, 1.54) is 0 Å². The van der Waals surface area contributed by atoms with Gasteiger partial charge in [-0.3, -0.25) is 0 Å². The van der Waals surface area contributed by atoms with Gasteiger partial charge in [0.05, 0.1) is 20.3 Å². The topological polar surface area (TPSA) is 38.7 Å². The Morgan fingerprint density at radius 3 is 2.19 bits per heavy atom. The number of aliphatic hydroxyl groups excluding tert-OH is 1. The van der Waals surface area contributed by atoms with Crippen molar-refractivity contribution in [3.63, 3.8) is 0 Å². The predicted molar refractivity (Wildman–Crippen MR) is 64.5 cm³/mol. The first-order valence-corrected chi connectivity index (χ1v) is 5.71. The minimum atomic E-state index is -0.525. The maximum Gasteiger partial charge on any atom is 0.122 e. The van der Waals surface area contributed by atoms with E-state index in [1.807, 2.05) is 0 Å². The van der Waals surface area contributed by atoms with Crippen molar-refractivity contribution in [2.45, 2.75) is 18.9 Å². The van der Waals surface area contributed by atoms with Crippen molar-refractivity contribution in [1.29, 1.82) is 0 Å². The molecule has 0 aliphatic heterocycles. The second kappa shape index (κ2) is 6.61. The Balaban J connectivity index is 2.85. The molecule has 0 heterocycles. The first-order valence-electron chi connectivity index (χ1n) is 5.18. The van der Waals surface area contributed by atoms with Crippen LogP contribution < -0.4 is 9.47 Å². The fraction of sp³-hybridized carbons (Fsp3) is 0.500. The van der Waals surface area contributed by atoms with Crippen molar-refractivity contribution in [2.24, 2.45) is 0 Å². The fourth-order valence-electron chi connectivity index (χ4n) is 1.46. The molecular formula is C12H17ClO3. The van der Waals surface area contributed by atoms with Crippen molar-refractivity contribution in [1.82, 2.24) is 0 Å². The van der Waals surface area contributed by atoms with E-state index >= 15 is 0 Å². The minimum Gasteiger partial charge on any atom is -0.497 e. The lowest BCUT2D eigenvalue weighted by molar-refractivity contribution is 0.166. The van der Waals surface area contributed by atoms with Gasteiger partial charge in [0.15, 0.2) is 0 Å². The summed E-state index contributed by atoms with van der Waals surface area (Å²) in [6.07, 6.45) is 0.893. The standard InChI is InChI=1S/C12H17ClO3/c1-15-10-6-9(7-11(8-10)16-2)12(14)4-3-5-13/h6-8,12,14H,3-5H2,1-2H3. The Kier molecular flexibility index (Phi) is 5.43. The van der Waals surface area contributed by atoms with Gasteiger partial charge in [-0.15, -0.1) is 11.6 Å². The zero-order chi connectivity index (χ0) is 12.0. The third-order valence-corrected chi connectivity index (χ3v) is 2.64. The fourth-order valence-corrected chi connectivity index (χ4v) is 1.61. The van der Waals surface area contributed by atoms with Crippen LogP contribution in [0.15, 0.2) is 18.2 Å². The smallest absolute Gasteiger partial charge is 0.122 e. The summed E-state index contributed by atoms with van der Waals surface area (Å²) in [5.41, 5.74) is 0.793. The van der Waals surface area contributed by atoms with Crippen LogP contribution >= 0.6 is 11.6 Å². The SMILES string of the molecule is COc1cc(OC)cc(C(O)CCCCl)c1. The van der Waals surface area contributed by atoms with Crippen LogP contribution in [0.3, 0.4) is 0 Å². The molecule has 1 atom stereocenters. The number of hydrogen-bond donors (Lipinski definition) is 1. The van der Waals surface area contributed by atoms with Gasteiger partial charge in [-0.2, -0.15) is 0 Å². The summed E-state index contributed by atoms with van der Waals surface area (Å²) in [6, 6.07) is 5.39. The highest BCUT2D eigenvalue weighted by Gasteiger charge is 2.10. The lowest BCUT2D eigenvalue weighted by Crippen LogP contribution is -1.99. The van der Waals surface area contributed by atoms with Gasteiger partial charge in [0.1, 0.15) is 11.5 Å². The molecule has 90 valence electrons. The van der Waals surface area contributed by atoms with Crippen molar-refractivity contribution in [3.8, 4) is 11.5 Å². The molecule has 0 fully saturated rings. The van der Waals surface area contributed by atoms with Crippen molar-refractivity contribution >= 4 is 11.6 Å². The number of halogens is 1. The van der Waals surface area contributed by atoms with Crippen LogP contribution in [0.25, 0.3) is 0 Å². The van der Waals surface area contributed by atoms with Crippen LogP contribution in [0.2, 0.25) is 0 Å². The van der Waals surface area contributed by atoms with Crippen LogP contribution in [0.5, 0.6) is 11.5 Å². The number of ether oxygens (including phenoxy) is 2. The molecule has 0 bridgehead atoms. The molecule has 16 heavy (non-hydrogen) atoms. The molecule has 0 aliphatic carbocycles. The molecule has 0 spiro atoms. The molecule has 4 heteroatoms. The van der Waals surface area contributed by atoms with Gasteiger partial charge in [0, 0.05) is 11.9 Å². The second-order valence-corrected chi connectivity index (χ2v) is 3.87. The minimum absolute atomic E-state index is 0.525. The zero-order valence-electron chi connectivity index (χ0n) is 9.57. The Hall–Kier alpha value is -0.930. The molecule has 1 aromatic rings. The van der Waals surface area contributed by atoms with E-state index < -0.39 is 6.10 Å². The largest absolute Gasteiger partial charge is 0.497 e. The van der Waals surface area contributed by atoms with Crippen molar-refractivity contribution in [2.75, 3.05) is 20.1 Å². The molecule has 0 saturated carbocycles. The van der Waals surface area contributed by atoms with E-state index in [2.05, 4.69) is 0 Å². The Bertz CT molecular complexity index is 306. The van der Waals surface area contributed by atoms with Gasteiger partial charge in [0.2, 0.25) is 0 Å². The predicted octanol–water partition coefficient (Wildman–Crippen LogP) is 2.76. The van der Waals surface area contributed by atoms with Gasteiger partial charge in [-0.1, -0.05) is 0 Å². The number of rotatable bonds is 6. The van der Waals surface area contributed by atoms with E-state index in [4.69, 9.17) is 21.1 Å². The Labute approximate surface area is 101 Å². The summed E-state index contributed by atoms with van der Waals surface area (Å²) in [7, 11) is 3.17. The van der Waals surface area contributed by atoms with Crippen LogP contribution in [0, 0.1) is 0 Å². The maximum absolute atomic E-state index is 9.92. The highest BCUT2D eigenvalue weighted by molar-refractivity contribution is 6.17. The third-order valence-electron chi connectivity index (χ3n) is 2.37. The maximum atomic E-state index is 9.92. The molecule has 1 unspecified atom stereocenters. The van der Waals surface area contributed by atoms with Crippen LogP contribution in [0.4, 0.5) is 0 Å². The molecular weight excluding hydrogens is 228 g/mol. The molecule has 0 radical (unpaired) electrons. The number of hydrogen-bond acceptors (Lipinski definition) is 3. The number of alkyl halides is 1. The molecule has 0 saturated heterocycles. The summed E-state index contributed by atoms with van der Waals surface area (Å²) in [6.45, 7) is 0. The second-order valence-electron chi connectivity index (χ2n) is 3.49. The molecule has 0 amide bonds. The van der Waals surface area contributed by atoms with Crippen molar-refractivity contribution in [3.05, 3.63) is 23.8 Å². The quantitative estimate of drug-likeness (QED) is 0.782. The first-order chi connectivity index (χ1) is 7.71. The summed E-state index contributed by atoms with van der Waals surface area (Å²) in [5.74, 6) is 1.91. The summed E-state index contributed by atoms with van der Waals surface area (Å²) in [5, 5.41) is 9.92. The van der Waals surface area contributed by atoms with Gasteiger partial charge in [-0.05, 0) is 30.5 Å². The number of methoxy groups -OCH3 is 2. The normalized spacial score (nSPS) is 12.2.